The van der Waals surface area contributed by atoms with Gasteiger partial charge in [-0.25, -0.2) is 8.78 Å². The van der Waals surface area contributed by atoms with Crippen LogP contribution in [0.3, 0.4) is 0 Å². The minimum absolute atomic E-state index is 0.176. The summed E-state index contributed by atoms with van der Waals surface area (Å²) in [7, 11) is 0. The third-order valence-corrected chi connectivity index (χ3v) is 5.23. The molecular formula is C16H24F8O2. The van der Waals surface area contributed by atoms with Crippen LogP contribution in [0.2, 0.25) is 0 Å². The van der Waals surface area contributed by atoms with Crippen molar-refractivity contribution in [2.75, 3.05) is 0 Å². The van der Waals surface area contributed by atoms with E-state index in [1.165, 1.54) is 13.8 Å². The molecule has 1 aliphatic heterocycles. The van der Waals surface area contributed by atoms with Gasteiger partial charge in [-0.1, -0.05) is 48.0 Å². The molecule has 26 heavy (non-hydrogen) atoms. The molecule has 0 amide bonds. The van der Waals surface area contributed by atoms with E-state index in [1.807, 2.05) is 0 Å². The molecule has 0 spiro atoms. The van der Waals surface area contributed by atoms with Crippen LogP contribution in [-0.4, -0.2) is 29.8 Å². The summed E-state index contributed by atoms with van der Waals surface area (Å²) in [6, 6.07) is 0. The molecule has 1 rings (SSSR count). The maximum atomic E-state index is 15.8. The maximum Gasteiger partial charge on any atom is 0.453 e. The normalized spacial score (nSPS) is 30.7. The van der Waals surface area contributed by atoms with Crippen molar-refractivity contribution >= 4 is 0 Å². The van der Waals surface area contributed by atoms with E-state index in [-0.39, 0.29) is 19.3 Å². The highest BCUT2D eigenvalue weighted by Gasteiger charge is 2.89. The van der Waals surface area contributed by atoms with Crippen LogP contribution in [0.5, 0.6) is 0 Å². The number of hydrogen-bond donors (Lipinski definition) is 0. The van der Waals surface area contributed by atoms with Crippen LogP contribution < -0.4 is 0 Å². The Bertz CT molecular complexity index is 511. The van der Waals surface area contributed by atoms with Crippen molar-refractivity contribution in [1.82, 2.24) is 0 Å². The van der Waals surface area contributed by atoms with Crippen LogP contribution in [0.1, 0.15) is 60.8 Å². The zero-order valence-corrected chi connectivity index (χ0v) is 15.5. The van der Waals surface area contributed by atoms with Crippen LogP contribution in [0.15, 0.2) is 0 Å². The van der Waals surface area contributed by atoms with Crippen molar-refractivity contribution in [3.05, 3.63) is 0 Å². The Labute approximate surface area is 147 Å². The fourth-order valence-corrected chi connectivity index (χ4v) is 3.10. The highest BCUT2D eigenvalue weighted by atomic mass is 19.4. The molecule has 1 saturated heterocycles. The Morgan fingerprint density at radius 1 is 0.692 bits per heavy atom. The fourth-order valence-electron chi connectivity index (χ4n) is 3.10. The van der Waals surface area contributed by atoms with E-state index in [0.717, 1.165) is 27.7 Å². The van der Waals surface area contributed by atoms with Crippen molar-refractivity contribution in [1.29, 1.82) is 0 Å². The second-order valence-electron chi connectivity index (χ2n) is 7.88. The van der Waals surface area contributed by atoms with Crippen LogP contribution in [0.4, 0.5) is 35.1 Å². The minimum Gasteiger partial charge on any atom is -0.292 e. The molecule has 0 aromatic heterocycles. The first-order valence-electron chi connectivity index (χ1n) is 8.20. The van der Waals surface area contributed by atoms with Gasteiger partial charge in [0.15, 0.2) is 0 Å². The molecule has 1 fully saturated rings. The quantitative estimate of drug-likeness (QED) is 0.494. The average molecular weight is 400 g/mol. The standard InChI is InChI=1S/C16H24F8O2/c1-7-9-11(5,6)13(18)12(17,10(3,4)8-2)25-14(26-13,15(19,20)21)16(22,23)24/h7-9H2,1-6H3. The first-order valence-corrected chi connectivity index (χ1v) is 8.20. The van der Waals surface area contributed by atoms with Gasteiger partial charge in [0.1, 0.15) is 0 Å². The van der Waals surface area contributed by atoms with Gasteiger partial charge in [0, 0.05) is 10.8 Å². The van der Waals surface area contributed by atoms with Gasteiger partial charge in [0.25, 0.3) is 11.7 Å². The first kappa shape index (κ1) is 23.4. The highest BCUT2D eigenvalue weighted by molar-refractivity contribution is 5.12. The van der Waals surface area contributed by atoms with Crippen molar-refractivity contribution in [3.8, 4) is 0 Å². The fraction of sp³-hybridized carbons (Fsp3) is 1.00. The number of hydrogen-bond acceptors (Lipinski definition) is 2. The molecule has 0 bridgehead atoms. The van der Waals surface area contributed by atoms with Crippen molar-refractivity contribution < 1.29 is 44.6 Å². The molecule has 1 aliphatic rings. The van der Waals surface area contributed by atoms with E-state index in [2.05, 4.69) is 9.47 Å². The average Bonchev–Trinajstić information content (AvgIpc) is 2.71. The molecule has 0 saturated carbocycles. The van der Waals surface area contributed by atoms with Gasteiger partial charge in [-0.15, -0.1) is 0 Å². The second-order valence-corrected chi connectivity index (χ2v) is 7.88. The summed E-state index contributed by atoms with van der Waals surface area (Å²) in [6.07, 6.45) is -12.8. The number of halogens is 8. The van der Waals surface area contributed by atoms with Crippen molar-refractivity contribution in [3.63, 3.8) is 0 Å². The molecule has 0 radical (unpaired) electrons. The Morgan fingerprint density at radius 3 is 1.31 bits per heavy atom. The Balaban J connectivity index is 3.83. The van der Waals surface area contributed by atoms with E-state index in [9.17, 15) is 26.3 Å². The molecule has 2 unspecified atom stereocenters. The smallest absolute Gasteiger partial charge is 0.292 e. The summed E-state index contributed by atoms with van der Waals surface area (Å²) < 4.78 is 120. The van der Waals surface area contributed by atoms with Crippen LogP contribution >= 0.6 is 0 Å². The lowest BCUT2D eigenvalue weighted by molar-refractivity contribution is -0.463. The van der Waals surface area contributed by atoms with Crippen LogP contribution in [-0.2, 0) is 9.47 Å². The van der Waals surface area contributed by atoms with E-state index < -0.39 is 40.7 Å². The number of ether oxygens (including phenoxy) is 2. The number of rotatable bonds is 5. The SMILES string of the molecule is CCCC(C)(C)C1(F)OC(C(F)(F)F)(C(F)(F)F)OC1(F)C(C)(C)CC. The van der Waals surface area contributed by atoms with Crippen LogP contribution in [0, 0.1) is 10.8 Å². The molecule has 156 valence electrons. The van der Waals surface area contributed by atoms with Crippen molar-refractivity contribution in [2.45, 2.75) is 90.7 Å². The molecule has 1 heterocycles. The van der Waals surface area contributed by atoms with E-state index in [4.69, 9.17) is 0 Å². The zero-order valence-electron chi connectivity index (χ0n) is 15.5. The van der Waals surface area contributed by atoms with Gasteiger partial charge in [-0.2, -0.15) is 26.3 Å². The molecule has 2 atom stereocenters. The minimum atomic E-state index is -6.25. The molecule has 2 nitrogen and oxygen atoms in total. The van der Waals surface area contributed by atoms with E-state index in [0.29, 0.717) is 0 Å². The lowest BCUT2D eigenvalue weighted by atomic mass is 9.68. The van der Waals surface area contributed by atoms with Crippen molar-refractivity contribution in [2.24, 2.45) is 10.8 Å². The summed E-state index contributed by atoms with van der Waals surface area (Å²) in [5, 5.41) is 0. The lowest BCUT2D eigenvalue weighted by Gasteiger charge is -2.47. The predicted molar refractivity (Wildman–Crippen MR) is 77.5 cm³/mol. The van der Waals surface area contributed by atoms with E-state index in [1.54, 1.807) is 0 Å². The van der Waals surface area contributed by atoms with Gasteiger partial charge in [0.05, 0.1) is 0 Å². The predicted octanol–water partition coefficient (Wildman–Crippen LogP) is 6.45. The Morgan fingerprint density at radius 2 is 1.04 bits per heavy atom. The summed E-state index contributed by atoms with van der Waals surface area (Å²) in [4.78, 5) is 0. The second kappa shape index (κ2) is 6.18. The Hall–Kier alpha value is -0.640. The Kier molecular flexibility index (Phi) is 5.57. The summed E-state index contributed by atoms with van der Waals surface area (Å²) in [6.45, 7) is 6.86. The monoisotopic (exact) mass is 400 g/mol. The van der Waals surface area contributed by atoms with Gasteiger partial charge in [-0.05, 0) is 12.8 Å². The molecular weight excluding hydrogens is 376 g/mol. The van der Waals surface area contributed by atoms with Gasteiger partial charge in [0.2, 0.25) is 0 Å². The number of alkyl halides is 8. The molecule has 0 aromatic rings. The lowest BCUT2D eigenvalue weighted by Crippen LogP contribution is -2.61. The van der Waals surface area contributed by atoms with E-state index >= 15 is 8.78 Å². The van der Waals surface area contributed by atoms with Gasteiger partial charge in [-0.3, -0.25) is 9.47 Å². The molecule has 0 N–H and O–H groups in total. The summed E-state index contributed by atoms with van der Waals surface area (Å²) in [5.74, 6) is -13.4. The largest absolute Gasteiger partial charge is 0.453 e. The zero-order chi connectivity index (χ0) is 21.0. The highest BCUT2D eigenvalue weighted by Crippen LogP contribution is 2.67. The maximum absolute atomic E-state index is 15.8. The summed E-state index contributed by atoms with van der Waals surface area (Å²) >= 11 is 0. The van der Waals surface area contributed by atoms with Gasteiger partial charge < -0.3 is 0 Å². The van der Waals surface area contributed by atoms with Crippen LogP contribution in [0.25, 0.3) is 0 Å². The molecule has 0 aliphatic carbocycles. The molecule has 10 heteroatoms. The third kappa shape index (κ3) is 2.91. The molecule has 0 aromatic carbocycles. The summed E-state index contributed by atoms with van der Waals surface area (Å²) in [5.41, 5.74) is -4.09. The first-order chi connectivity index (χ1) is 11.3. The topological polar surface area (TPSA) is 18.5 Å². The third-order valence-electron chi connectivity index (χ3n) is 5.23. The van der Waals surface area contributed by atoms with Gasteiger partial charge >= 0.3 is 18.1 Å².